The van der Waals surface area contributed by atoms with Gasteiger partial charge in [0, 0.05) is 35.7 Å². The summed E-state index contributed by atoms with van der Waals surface area (Å²) in [5.41, 5.74) is 1.93. The van der Waals surface area contributed by atoms with E-state index in [1.165, 1.54) is 17.7 Å². The Kier molecular flexibility index (Phi) is 3.38. The smallest absolute Gasteiger partial charge is 0.0794 e. The van der Waals surface area contributed by atoms with Gasteiger partial charge < -0.3 is 10.4 Å². The van der Waals surface area contributed by atoms with Crippen LogP contribution >= 0.6 is 11.3 Å². The van der Waals surface area contributed by atoms with Crippen molar-refractivity contribution in [3.8, 4) is 0 Å². The molecule has 1 fully saturated rings. The Balaban J connectivity index is 1.89. The Hall–Kier alpha value is -0.450. The standard InChI is InChI=1S/C11H18N2OS/c1-11(7-14)4-2-3-10(11)13-6-9-5-12-8-15-9/h5,8,10,13-14H,2-4,6-7H2,1H3. The second-order valence-electron chi connectivity index (χ2n) is 4.61. The fourth-order valence-electron chi connectivity index (χ4n) is 2.32. The average molecular weight is 226 g/mol. The van der Waals surface area contributed by atoms with Crippen molar-refractivity contribution in [2.45, 2.75) is 38.8 Å². The summed E-state index contributed by atoms with van der Waals surface area (Å²) in [5, 5.41) is 12.9. The molecule has 1 aliphatic carbocycles. The summed E-state index contributed by atoms with van der Waals surface area (Å²) in [4.78, 5) is 5.32. The summed E-state index contributed by atoms with van der Waals surface area (Å²) in [6.07, 6.45) is 5.43. The largest absolute Gasteiger partial charge is 0.396 e. The quantitative estimate of drug-likeness (QED) is 0.822. The van der Waals surface area contributed by atoms with E-state index in [9.17, 15) is 5.11 Å². The summed E-state index contributed by atoms with van der Waals surface area (Å²) in [5.74, 6) is 0. The lowest BCUT2D eigenvalue weighted by atomic mass is 9.86. The Morgan fingerprint density at radius 1 is 1.73 bits per heavy atom. The van der Waals surface area contributed by atoms with Gasteiger partial charge in [-0.15, -0.1) is 11.3 Å². The number of rotatable bonds is 4. The highest BCUT2D eigenvalue weighted by molar-refractivity contribution is 7.09. The second-order valence-corrected chi connectivity index (χ2v) is 5.58. The molecule has 2 rings (SSSR count). The van der Waals surface area contributed by atoms with E-state index in [-0.39, 0.29) is 12.0 Å². The Morgan fingerprint density at radius 3 is 3.27 bits per heavy atom. The lowest BCUT2D eigenvalue weighted by molar-refractivity contribution is 0.118. The summed E-state index contributed by atoms with van der Waals surface area (Å²) in [6, 6.07) is 0.449. The van der Waals surface area contributed by atoms with Gasteiger partial charge in [0.2, 0.25) is 0 Å². The third kappa shape index (κ3) is 2.38. The number of aliphatic hydroxyl groups is 1. The maximum atomic E-state index is 9.40. The van der Waals surface area contributed by atoms with E-state index < -0.39 is 0 Å². The molecule has 2 unspecified atom stereocenters. The number of aliphatic hydroxyl groups excluding tert-OH is 1. The minimum atomic E-state index is 0.0741. The molecule has 1 aliphatic rings. The summed E-state index contributed by atoms with van der Waals surface area (Å²) >= 11 is 1.68. The van der Waals surface area contributed by atoms with E-state index >= 15 is 0 Å². The molecule has 84 valence electrons. The number of hydrogen-bond donors (Lipinski definition) is 2. The van der Waals surface area contributed by atoms with Gasteiger partial charge in [0.1, 0.15) is 0 Å². The predicted molar refractivity (Wildman–Crippen MR) is 61.8 cm³/mol. The first-order valence-corrected chi connectivity index (χ1v) is 6.34. The van der Waals surface area contributed by atoms with Gasteiger partial charge in [0.25, 0.3) is 0 Å². The highest BCUT2D eigenvalue weighted by Gasteiger charge is 2.37. The van der Waals surface area contributed by atoms with E-state index in [4.69, 9.17) is 0 Å². The van der Waals surface area contributed by atoms with Crippen LogP contribution in [0.25, 0.3) is 0 Å². The molecule has 0 radical (unpaired) electrons. The molecule has 0 amide bonds. The van der Waals surface area contributed by atoms with Gasteiger partial charge in [0.15, 0.2) is 0 Å². The minimum absolute atomic E-state index is 0.0741. The number of nitrogens with one attached hydrogen (secondary N) is 1. The molecule has 15 heavy (non-hydrogen) atoms. The number of nitrogens with zero attached hydrogens (tertiary/aromatic N) is 1. The lowest BCUT2D eigenvalue weighted by Gasteiger charge is -2.30. The van der Waals surface area contributed by atoms with Crippen molar-refractivity contribution < 1.29 is 5.11 Å². The summed E-state index contributed by atoms with van der Waals surface area (Å²) in [6.45, 7) is 3.34. The van der Waals surface area contributed by atoms with Crippen LogP contribution in [0.5, 0.6) is 0 Å². The highest BCUT2D eigenvalue weighted by atomic mass is 32.1. The zero-order valence-electron chi connectivity index (χ0n) is 9.07. The fourth-order valence-corrected chi connectivity index (χ4v) is 2.87. The monoisotopic (exact) mass is 226 g/mol. The average Bonchev–Trinajstić information content (AvgIpc) is 2.85. The SMILES string of the molecule is CC1(CO)CCCC1NCc1cncs1. The Bertz CT molecular complexity index is 302. The first-order chi connectivity index (χ1) is 7.24. The molecule has 0 spiro atoms. The second kappa shape index (κ2) is 4.60. The molecule has 2 atom stereocenters. The molecular weight excluding hydrogens is 208 g/mol. The van der Waals surface area contributed by atoms with Crippen LogP contribution in [0.1, 0.15) is 31.1 Å². The van der Waals surface area contributed by atoms with Crippen molar-refractivity contribution in [3.05, 3.63) is 16.6 Å². The van der Waals surface area contributed by atoms with Crippen LogP contribution in [0.2, 0.25) is 0 Å². The van der Waals surface area contributed by atoms with Crippen molar-refractivity contribution in [3.63, 3.8) is 0 Å². The van der Waals surface area contributed by atoms with Gasteiger partial charge in [-0.25, -0.2) is 0 Å². The zero-order valence-corrected chi connectivity index (χ0v) is 9.89. The van der Waals surface area contributed by atoms with Crippen LogP contribution in [-0.4, -0.2) is 22.7 Å². The van der Waals surface area contributed by atoms with Crippen LogP contribution < -0.4 is 5.32 Å². The molecule has 0 aromatic carbocycles. The van der Waals surface area contributed by atoms with Gasteiger partial charge in [-0.3, -0.25) is 4.98 Å². The molecule has 0 saturated heterocycles. The fraction of sp³-hybridized carbons (Fsp3) is 0.727. The molecule has 4 heteroatoms. The van der Waals surface area contributed by atoms with Crippen molar-refractivity contribution in [1.82, 2.24) is 10.3 Å². The van der Waals surface area contributed by atoms with Crippen LogP contribution in [0, 0.1) is 5.41 Å². The Morgan fingerprint density at radius 2 is 2.60 bits per heavy atom. The molecule has 1 aromatic heterocycles. The maximum Gasteiger partial charge on any atom is 0.0794 e. The Labute approximate surface area is 94.5 Å². The van der Waals surface area contributed by atoms with Gasteiger partial charge >= 0.3 is 0 Å². The number of hydrogen-bond acceptors (Lipinski definition) is 4. The molecule has 0 aliphatic heterocycles. The third-order valence-corrected chi connectivity index (χ3v) is 4.23. The molecule has 1 heterocycles. The normalized spacial score (nSPS) is 30.9. The van der Waals surface area contributed by atoms with E-state index in [2.05, 4.69) is 17.2 Å². The predicted octanol–water partition coefficient (Wildman–Crippen LogP) is 1.78. The number of aromatic nitrogens is 1. The number of thiazole rings is 1. The maximum absolute atomic E-state index is 9.40. The van der Waals surface area contributed by atoms with Crippen molar-refractivity contribution in [2.75, 3.05) is 6.61 Å². The van der Waals surface area contributed by atoms with E-state index in [1.807, 2.05) is 11.7 Å². The van der Waals surface area contributed by atoms with E-state index in [0.29, 0.717) is 6.04 Å². The van der Waals surface area contributed by atoms with Crippen molar-refractivity contribution >= 4 is 11.3 Å². The highest BCUT2D eigenvalue weighted by Crippen LogP contribution is 2.37. The topological polar surface area (TPSA) is 45.1 Å². The van der Waals surface area contributed by atoms with Crippen LogP contribution in [0.3, 0.4) is 0 Å². The molecule has 0 bridgehead atoms. The van der Waals surface area contributed by atoms with E-state index in [1.54, 1.807) is 11.3 Å². The summed E-state index contributed by atoms with van der Waals surface area (Å²) < 4.78 is 0. The van der Waals surface area contributed by atoms with Gasteiger partial charge in [-0.1, -0.05) is 13.3 Å². The van der Waals surface area contributed by atoms with Gasteiger partial charge in [0.05, 0.1) is 5.51 Å². The molecule has 1 saturated carbocycles. The van der Waals surface area contributed by atoms with Crippen LogP contribution in [-0.2, 0) is 6.54 Å². The minimum Gasteiger partial charge on any atom is -0.396 e. The molecular formula is C11H18N2OS. The van der Waals surface area contributed by atoms with Crippen LogP contribution in [0.15, 0.2) is 11.7 Å². The third-order valence-electron chi connectivity index (χ3n) is 3.45. The van der Waals surface area contributed by atoms with Crippen LogP contribution in [0.4, 0.5) is 0 Å². The summed E-state index contributed by atoms with van der Waals surface area (Å²) in [7, 11) is 0. The lowest BCUT2D eigenvalue weighted by Crippen LogP contribution is -2.41. The van der Waals surface area contributed by atoms with Gasteiger partial charge in [-0.2, -0.15) is 0 Å². The van der Waals surface area contributed by atoms with Crippen molar-refractivity contribution in [2.24, 2.45) is 5.41 Å². The van der Waals surface area contributed by atoms with E-state index in [0.717, 1.165) is 13.0 Å². The molecule has 1 aromatic rings. The van der Waals surface area contributed by atoms with Crippen molar-refractivity contribution in [1.29, 1.82) is 0 Å². The zero-order chi connectivity index (χ0) is 10.7. The van der Waals surface area contributed by atoms with Gasteiger partial charge in [-0.05, 0) is 12.8 Å². The first kappa shape index (κ1) is 11.0. The molecule has 2 N–H and O–H groups in total. The molecule has 3 nitrogen and oxygen atoms in total. The first-order valence-electron chi connectivity index (χ1n) is 5.46.